The number of halogens is 2. The molecule has 0 fully saturated rings. The van der Waals surface area contributed by atoms with Gasteiger partial charge < -0.3 is 19.5 Å². The molecule has 0 bridgehead atoms. The van der Waals surface area contributed by atoms with Crippen molar-refractivity contribution >= 4 is 39.1 Å². The van der Waals surface area contributed by atoms with Crippen LogP contribution in [0.1, 0.15) is 0 Å². The van der Waals surface area contributed by atoms with Crippen molar-refractivity contribution in [1.29, 1.82) is 0 Å². The summed E-state index contributed by atoms with van der Waals surface area (Å²) in [6.07, 6.45) is 0. The molecule has 0 unspecified atom stereocenters. The largest absolute Gasteiger partial charge is 0.497 e. The van der Waals surface area contributed by atoms with E-state index in [0.717, 1.165) is 4.47 Å². The molecule has 122 valence electrons. The number of anilines is 1. The third kappa shape index (κ3) is 5.04. The molecule has 0 aromatic heterocycles. The normalized spacial score (nSPS) is 10.1. The monoisotopic (exact) mass is 399 g/mol. The molecule has 0 aliphatic carbocycles. The van der Waals surface area contributed by atoms with Crippen molar-refractivity contribution in [1.82, 2.24) is 0 Å². The van der Waals surface area contributed by atoms with Gasteiger partial charge in [0, 0.05) is 28.4 Å². The number of amides is 1. The number of carbonyl (C=O) groups excluding carboxylic acids is 1. The Hall–Kier alpha value is -1.92. The Kier molecular flexibility index (Phi) is 6.12. The van der Waals surface area contributed by atoms with E-state index in [2.05, 4.69) is 21.2 Å². The molecule has 0 heterocycles. The van der Waals surface area contributed by atoms with Crippen LogP contribution in [0.5, 0.6) is 17.2 Å². The van der Waals surface area contributed by atoms with Gasteiger partial charge in [-0.3, -0.25) is 4.79 Å². The van der Waals surface area contributed by atoms with Crippen molar-refractivity contribution in [2.45, 2.75) is 0 Å². The molecule has 2 aromatic rings. The molecule has 7 heteroatoms. The predicted molar refractivity (Wildman–Crippen MR) is 92.8 cm³/mol. The van der Waals surface area contributed by atoms with Crippen LogP contribution in [0.2, 0.25) is 5.02 Å². The summed E-state index contributed by atoms with van der Waals surface area (Å²) >= 11 is 9.33. The van der Waals surface area contributed by atoms with Crippen molar-refractivity contribution in [3.8, 4) is 17.2 Å². The van der Waals surface area contributed by atoms with Gasteiger partial charge in [-0.05, 0) is 18.2 Å². The summed E-state index contributed by atoms with van der Waals surface area (Å²) in [4.78, 5) is 12.0. The first kappa shape index (κ1) is 17.4. The highest BCUT2D eigenvalue weighted by molar-refractivity contribution is 9.10. The quantitative estimate of drug-likeness (QED) is 0.792. The predicted octanol–water partition coefficient (Wildman–Crippen LogP) is 4.14. The molecule has 1 amide bonds. The molecule has 1 N–H and O–H groups in total. The average molecular weight is 401 g/mol. The van der Waals surface area contributed by atoms with Crippen LogP contribution in [0.3, 0.4) is 0 Å². The van der Waals surface area contributed by atoms with Gasteiger partial charge in [0.05, 0.1) is 19.2 Å². The van der Waals surface area contributed by atoms with Gasteiger partial charge >= 0.3 is 0 Å². The Labute approximate surface area is 147 Å². The second-order valence-corrected chi connectivity index (χ2v) is 5.84. The van der Waals surface area contributed by atoms with E-state index in [1.54, 1.807) is 50.6 Å². The minimum atomic E-state index is -0.323. The molecule has 0 saturated heterocycles. The zero-order valence-corrected chi connectivity index (χ0v) is 14.9. The van der Waals surface area contributed by atoms with Crippen LogP contribution >= 0.6 is 27.5 Å². The van der Waals surface area contributed by atoms with Gasteiger partial charge in [-0.2, -0.15) is 0 Å². The summed E-state index contributed by atoms with van der Waals surface area (Å²) in [7, 11) is 3.08. The summed E-state index contributed by atoms with van der Waals surface area (Å²) < 4.78 is 16.5. The SMILES string of the molecule is COc1cc(NC(=O)COc2cc(Br)ccc2Cl)cc(OC)c1. The van der Waals surface area contributed by atoms with Gasteiger partial charge in [-0.15, -0.1) is 0 Å². The lowest BCUT2D eigenvalue weighted by atomic mass is 10.2. The zero-order chi connectivity index (χ0) is 16.8. The standard InChI is InChI=1S/C16H15BrClNO4/c1-21-12-6-11(7-13(8-12)22-2)19-16(20)9-23-15-5-10(17)3-4-14(15)18/h3-8H,9H2,1-2H3,(H,19,20). The van der Waals surface area contributed by atoms with E-state index < -0.39 is 0 Å². The lowest BCUT2D eigenvalue weighted by Gasteiger charge is -2.11. The molecule has 2 rings (SSSR count). The fraction of sp³-hybridized carbons (Fsp3) is 0.188. The number of carbonyl (C=O) groups is 1. The first-order valence-electron chi connectivity index (χ1n) is 6.62. The molecule has 0 aliphatic heterocycles. The van der Waals surface area contributed by atoms with Crippen LogP contribution in [-0.2, 0) is 4.79 Å². The van der Waals surface area contributed by atoms with E-state index >= 15 is 0 Å². The van der Waals surface area contributed by atoms with Gasteiger partial charge in [-0.25, -0.2) is 0 Å². The van der Waals surface area contributed by atoms with Crippen LogP contribution in [-0.4, -0.2) is 26.7 Å². The molecule has 0 atom stereocenters. The molecule has 23 heavy (non-hydrogen) atoms. The van der Waals surface area contributed by atoms with Crippen LogP contribution < -0.4 is 19.5 Å². The summed E-state index contributed by atoms with van der Waals surface area (Å²) in [6, 6.07) is 10.3. The molecule has 5 nitrogen and oxygen atoms in total. The molecule has 0 radical (unpaired) electrons. The van der Waals surface area contributed by atoms with E-state index in [4.69, 9.17) is 25.8 Å². The number of nitrogens with one attached hydrogen (secondary N) is 1. The Morgan fingerprint density at radius 3 is 2.39 bits per heavy atom. The number of methoxy groups -OCH3 is 2. The number of benzene rings is 2. The highest BCUT2D eigenvalue weighted by atomic mass is 79.9. The summed E-state index contributed by atoms with van der Waals surface area (Å²) in [5.41, 5.74) is 0.551. The van der Waals surface area contributed by atoms with Crippen molar-refractivity contribution < 1.29 is 19.0 Å². The lowest BCUT2D eigenvalue weighted by Crippen LogP contribution is -2.20. The van der Waals surface area contributed by atoms with Crippen LogP contribution in [0, 0.1) is 0 Å². The minimum absolute atomic E-state index is 0.171. The van der Waals surface area contributed by atoms with Gasteiger partial charge in [0.1, 0.15) is 17.2 Å². The third-order valence-electron chi connectivity index (χ3n) is 2.89. The molecule has 0 saturated carbocycles. The molecule has 0 aliphatic rings. The zero-order valence-electron chi connectivity index (χ0n) is 12.6. The number of hydrogen-bond donors (Lipinski definition) is 1. The van der Waals surface area contributed by atoms with Crippen LogP contribution in [0.25, 0.3) is 0 Å². The topological polar surface area (TPSA) is 56.8 Å². The van der Waals surface area contributed by atoms with Crippen molar-refractivity contribution in [2.24, 2.45) is 0 Å². The average Bonchev–Trinajstić information content (AvgIpc) is 2.55. The number of hydrogen-bond acceptors (Lipinski definition) is 4. The van der Waals surface area contributed by atoms with E-state index in [-0.39, 0.29) is 12.5 Å². The molecular formula is C16H15BrClNO4. The van der Waals surface area contributed by atoms with Gasteiger partial charge in [-0.1, -0.05) is 27.5 Å². The van der Waals surface area contributed by atoms with E-state index in [0.29, 0.717) is 28.0 Å². The van der Waals surface area contributed by atoms with Crippen LogP contribution in [0.15, 0.2) is 40.9 Å². The maximum absolute atomic E-state index is 12.0. The lowest BCUT2D eigenvalue weighted by molar-refractivity contribution is -0.118. The highest BCUT2D eigenvalue weighted by Gasteiger charge is 2.09. The Bertz CT molecular complexity index is 686. The third-order valence-corrected chi connectivity index (χ3v) is 3.69. The first-order chi connectivity index (χ1) is 11.0. The van der Waals surface area contributed by atoms with Crippen molar-refractivity contribution in [3.05, 3.63) is 45.9 Å². The second-order valence-electron chi connectivity index (χ2n) is 4.51. The smallest absolute Gasteiger partial charge is 0.262 e. The van der Waals surface area contributed by atoms with Crippen molar-refractivity contribution in [2.75, 3.05) is 26.1 Å². The van der Waals surface area contributed by atoms with Gasteiger partial charge in [0.15, 0.2) is 6.61 Å². The maximum atomic E-state index is 12.0. The Balaban J connectivity index is 2.01. The van der Waals surface area contributed by atoms with E-state index in [1.807, 2.05) is 0 Å². The minimum Gasteiger partial charge on any atom is -0.497 e. The maximum Gasteiger partial charge on any atom is 0.262 e. The highest BCUT2D eigenvalue weighted by Crippen LogP contribution is 2.28. The Morgan fingerprint density at radius 1 is 1.13 bits per heavy atom. The van der Waals surface area contributed by atoms with Gasteiger partial charge in [0.25, 0.3) is 5.91 Å². The molecule has 2 aromatic carbocycles. The second kappa shape index (κ2) is 8.08. The summed E-state index contributed by atoms with van der Waals surface area (Å²) in [5.74, 6) is 1.27. The fourth-order valence-corrected chi connectivity index (χ4v) is 2.32. The summed E-state index contributed by atoms with van der Waals surface area (Å²) in [5, 5.41) is 3.15. The van der Waals surface area contributed by atoms with E-state index in [9.17, 15) is 4.79 Å². The molecular weight excluding hydrogens is 386 g/mol. The van der Waals surface area contributed by atoms with Crippen molar-refractivity contribution in [3.63, 3.8) is 0 Å². The van der Waals surface area contributed by atoms with Crippen LogP contribution in [0.4, 0.5) is 5.69 Å². The first-order valence-corrected chi connectivity index (χ1v) is 7.79. The van der Waals surface area contributed by atoms with E-state index in [1.165, 1.54) is 0 Å². The summed E-state index contributed by atoms with van der Waals surface area (Å²) in [6.45, 7) is -0.171. The number of rotatable bonds is 6. The van der Waals surface area contributed by atoms with Gasteiger partial charge in [0.2, 0.25) is 0 Å². The number of ether oxygens (including phenoxy) is 3. The fourth-order valence-electron chi connectivity index (χ4n) is 1.81. The molecule has 0 spiro atoms. The Morgan fingerprint density at radius 2 is 1.78 bits per heavy atom.